The molecule has 0 aliphatic carbocycles. The first kappa shape index (κ1) is 13.7. The standard InChI is InChI=1S/C17H19BrN2/c18-15-8-9-17(14(11-15)12-19)20-10-4-3-6-13-5-1-2-7-16(13)20/h1-2,5,7-9,11H,3-4,6,10,12,19H2. The smallest absolute Gasteiger partial charge is 0.0457 e. The molecule has 2 aromatic carbocycles. The second kappa shape index (κ2) is 5.98. The number of fused-ring (bicyclic) bond motifs is 1. The van der Waals surface area contributed by atoms with Crippen LogP contribution in [0.15, 0.2) is 46.9 Å². The summed E-state index contributed by atoms with van der Waals surface area (Å²) in [6.45, 7) is 1.62. The molecule has 2 N–H and O–H groups in total. The molecule has 3 heteroatoms. The molecular weight excluding hydrogens is 312 g/mol. The summed E-state index contributed by atoms with van der Waals surface area (Å²) in [5.74, 6) is 0. The van der Waals surface area contributed by atoms with Crippen molar-refractivity contribution in [3.05, 3.63) is 58.1 Å². The third kappa shape index (κ3) is 2.60. The Labute approximate surface area is 128 Å². The van der Waals surface area contributed by atoms with Crippen molar-refractivity contribution < 1.29 is 0 Å². The summed E-state index contributed by atoms with van der Waals surface area (Å²) in [5.41, 5.74) is 11.1. The molecule has 0 atom stereocenters. The number of halogens is 1. The minimum atomic E-state index is 0.563. The fourth-order valence-corrected chi connectivity index (χ4v) is 3.33. The van der Waals surface area contributed by atoms with E-state index in [1.807, 2.05) is 0 Å². The van der Waals surface area contributed by atoms with Crippen LogP contribution >= 0.6 is 15.9 Å². The molecule has 0 aromatic heterocycles. The van der Waals surface area contributed by atoms with E-state index in [0.29, 0.717) is 6.54 Å². The lowest BCUT2D eigenvalue weighted by atomic mass is 10.1. The zero-order valence-corrected chi connectivity index (χ0v) is 13.1. The number of nitrogens with zero attached hydrogens (tertiary/aromatic N) is 1. The molecule has 0 saturated carbocycles. The number of aryl methyl sites for hydroxylation is 1. The van der Waals surface area contributed by atoms with Crippen molar-refractivity contribution in [2.75, 3.05) is 11.4 Å². The van der Waals surface area contributed by atoms with Crippen molar-refractivity contribution in [2.24, 2.45) is 5.73 Å². The first-order valence-corrected chi connectivity index (χ1v) is 7.93. The van der Waals surface area contributed by atoms with E-state index in [2.05, 4.69) is 63.3 Å². The van der Waals surface area contributed by atoms with Crippen LogP contribution in [0.25, 0.3) is 0 Å². The van der Waals surface area contributed by atoms with Crippen LogP contribution in [0, 0.1) is 0 Å². The van der Waals surface area contributed by atoms with Crippen LogP contribution in [0.2, 0.25) is 0 Å². The highest BCUT2D eigenvalue weighted by Gasteiger charge is 2.18. The van der Waals surface area contributed by atoms with Gasteiger partial charge in [-0.1, -0.05) is 34.1 Å². The number of para-hydroxylation sites is 1. The van der Waals surface area contributed by atoms with Crippen molar-refractivity contribution >= 4 is 27.3 Å². The number of hydrogen-bond acceptors (Lipinski definition) is 2. The van der Waals surface area contributed by atoms with Crippen LogP contribution in [-0.4, -0.2) is 6.54 Å². The molecule has 1 aliphatic heterocycles. The number of benzene rings is 2. The molecule has 2 aromatic rings. The Bertz CT molecular complexity index is 610. The zero-order valence-electron chi connectivity index (χ0n) is 11.5. The van der Waals surface area contributed by atoms with Gasteiger partial charge in [0.1, 0.15) is 0 Å². The average Bonchev–Trinajstić information content (AvgIpc) is 2.69. The summed E-state index contributed by atoms with van der Waals surface area (Å²) in [7, 11) is 0. The predicted octanol–water partition coefficient (Wildman–Crippen LogP) is 4.38. The highest BCUT2D eigenvalue weighted by atomic mass is 79.9. The maximum Gasteiger partial charge on any atom is 0.0457 e. The van der Waals surface area contributed by atoms with Gasteiger partial charge in [0.15, 0.2) is 0 Å². The van der Waals surface area contributed by atoms with Crippen LogP contribution in [0.3, 0.4) is 0 Å². The van der Waals surface area contributed by atoms with E-state index >= 15 is 0 Å². The molecule has 1 aliphatic rings. The van der Waals surface area contributed by atoms with Crippen molar-refractivity contribution in [1.29, 1.82) is 0 Å². The second-order valence-corrected chi connectivity index (χ2v) is 6.13. The van der Waals surface area contributed by atoms with Crippen LogP contribution in [-0.2, 0) is 13.0 Å². The topological polar surface area (TPSA) is 29.3 Å². The fourth-order valence-electron chi connectivity index (χ4n) is 2.92. The van der Waals surface area contributed by atoms with Gasteiger partial charge in [-0.3, -0.25) is 0 Å². The summed E-state index contributed by atoms with van der Waals surface area (Å²) in [6, 6.07) is 15.1. The molecule has 0 radical (unpaired) electrons. The van der Waals surface area contributed by atoms with Crippen molar-refractivity contribution in [1.82, 2.24) is 0 Å². The molecular formula is C17H19BrN2. The van der Waals surface area contributed by atoms with Crippen LogP contribution < -0.4 is 10.6 Å². The van der Waals surface area contributed by atoms with Gasteiger partial charge in [0, 0.05) is 28.9 Å². The minimum Gasteiger partial charge on any atom is -0.341 e. The van der Waals surface area contributed by atoms with Gasteiger partial charge in [-0.25, -0.2) is 0 Å². The fraction of sp³-hybridized carbons (Fsp3) is 0.294. The molecule has 20 heavy (non-hydrogen) atoms. The average molecular weight is 331 g/mol. The van der Waals surface area contributed by atoms with E-state index < -0.39 is 0 Å². The van der Waals surface area contributed by atoms with Gasteiger partial charge in [0.25, 0.3) is 0 Å². The van der Waals surface area contributed by atoms with E-state index in [1.54, 1.807) is 0 Å². The van der Waals surface area contributed by atoms with Gasteiger partial charge >= 0.3 is 0 Å². The van der Waals surface area contributed by atoms with Crippen molar-refractivity contribution in [3.63, 3.8) is 0 Å². The van der Waals surface area contributed by atoms with Crippen molar-refractivity contribution in [2.45, 2.75) is 25.8 Å². The molecule has 0 spiro atoms. The molecule has 0 bridgehead atoms. The predicted molar refractivity (Wildman–Crippen MR) is 88.4 cm³/mol. The Morgan fingerprint density at radius 3 is 2.75 bits per heavy atom. The van der Waals surface area contributed by atoms with E-state index in [9.17, 15) is 0 Å². The van der Waals surface area contributed by atoms with Gasteiger partial charge in [-0.05, 0) is 54.7 Å². The molecule has 0 fully saturated rings. The van der Waals surface area contributed by atoms with Crippen LogP contribution in [0.1, 0.15) is 24.0 Å². The minimum absolute atomic E-state index is 0.563. The number of rotatable bonds is 2. The molecule has 3 rings (SSSR count). The number of anilines is 2. The molecule has 0 amide bonds. The van der Waals surface area contributed by atoms with Gasteiger partial charge in [-0.15, -0.1) is 0 Å². The third-order valence-corrected chi connectivity index (χ3v) is 4.41. The Morgan fingerprint density at radius 1 is 1.05 bits per heavy atom. The van der Waals surface area contributed by atoms with Crippen molar-refractivity contribution in [3.8, 4) is 0 Å². The molecule has 0 saturated heterocycles. The molecule has 1 heterocycles. The summed E-state index contributed by atoms with van der Waals surface area (Å²) < 4.78 is 1.09. The Kier molecular flexibility index (Phi) is 4.08. The zero-order chi connectivity index (χ0) is 13.9. The van der Waals surface area contributed by atoms with Crippen LogP contribution in [0.4, 0.5) is 11.4 Å². The summed E-state index contributed by atoms with van der Waals surface area (Å²) >= 11 is 3.53. The van der Waals surface area contributed by atoms with Gasteiger partial charge in [0.2, 0.25) is 0 Å². The summed E-state index contributed by atoms with van der Waals surface area (Å²) in [5, 5.41) is 0. The molecule has 0 unspecified atom stereocenters. The summed E-state index contributed by atoms with van der Waals surface area (Å²) in [6.07, 6.45) is 3.64. The molecule has 104 valence electrons. The normalized spacial score (nSPS) is 14.8. The number of nitrogens with two attached hydrogens (primary N) is 1. The maximum atomic E-state index is 5.94. The lowest BCUT2D eigenvalue weighted by molar-refractivity contribution is 0.759. The monoisotopic (exact) mass is 330 g/mol. The first-order chi connectivity index (χ1) is 9.79. The van der Waals surface area contributed by atoms with E-state index in [0.717, 1.165) is 11.0 Å². The lowest BCUT2D eigenvalue weighted by Gasteiger charge is -2.27. The SMILES string of the molecule is NCc1cc(Br)ccc1N1CCCCc2ccccc21. The highest BCUT2D eigenvalue weighted by Crippen LogP contribution is 2.35. The van der Waals surface area contributed by atoms with E-state index in [4.69, 9.17) is 5.73 Å². The quantitative estimate of drug-likeness (QED) is 0.885. The number of hydrogen-bond donors (Lipinski definition) is 1. The van der Waals surface area contributed by atoms with E-state index in [1.165, 1.54) is 41.8 Å². The van der Waals surface area contributed by atoms with Crippen LogP contribution in [0.5, 0.6) is 0 Å². The van der Waals surface area contributed by atoms with Gasteiger partial charge in [0.05, 0.1) is 0 Å². The maximum absolute atomic E-state index is 5.94. The third-order valence-electron chi connectivity index (χ3n) is 3.91. The molecule has 2 nitrogen and oxygen atoms in total. The highest BCUT2D eigenvalue weighted by molar-refractivity contribution is 9.10. The largest absolute Gasteiger partial charge is 0.341 e. The Hall–Kier alpha value is -1.32. The Balaban J connectivity index is 2.10. The second-order valence-electron chi connectivity index (χ2n) is 5.21. The summed E-state index contributed by atoms with van der Waals surface area (Å²) in [4.78, 5) is 2.43. The Morgan fingerprint density at radius 2 is 1.90 bits per heavy atom. The lowest BCUT2D eigenvalue weighted by Crippen LogP contribution is -2.20. The van der Waals surface area contributed by atoms with Gasteiger partial charge < -0.3 is 10.6 Å². The van der Waals surface area contributed by atoms with E-state index in [-0.39, 0.29) is 0 Å². The van der Waals surface area contributed by atoms with Gasteiger partial charge in [-0.2, -0.15) is 0 Å². The first-order valence-electron chi connectivity index (χ1n) is 7.13.